The first-order valence-corrected chi connectivity index (χ1v) is 7.54. The van der Waals surface area contributed by atoms with Gasteiger partial charge in [-0.05, 0) is 30.2 Å². The lowest BCUT2D eigenvalue weighted by Gasteiger charge is -2.08. The topological polar surface area (TPSA) is 72.2 Å². The molecule has 0 saturated carbocycles. The molecule has 0 aromatic heterocycles. The summed E-state index contributed by atoms with van der Waals surface area (Å²) in [5, 5.41) is 1.74. The standard InChI is InChI=1S/C12H17ClN2O2S/c1-2-12(14)9-15-18(16,17)8-7-10-3-5-11(13)6-4-10/h3-8,12,15H,2,9,14H2,1H3. The van der Waals surface area contributed by atoms with Crippen molar-refractivity contribution in [2.75, 3.05) is 6.54 Å². The van der Waals surface area contributed by atoms with Crippen molar-refractivity contribution in [1.29, 1.82) is 0 Å². The summed E-state index contributed by atoms with van der Waals surface area (Å²) in [6.07, 6.45) is 2.24. The molecular formula is C12H17ClN2O2S. The highest BCUT2D eigenvalue weighted by atomic mass is 35.5. The van der Waals surface area contributed by atoms with Crippen LogP contribution in [0.25, 0.3) is 6.08 Å². The van der Waals surface area contributed by atoms with Crippen LogP contribution in [0.3, 0.4) is 0 Å². The van der Waals surface area contributed by atoms with E-state index in [2.05, 4.69) is 4.72 Å². The van der Waals surface area contributed by atoms with Gasteiger partial charge in [0.05, 0.1) is 0 Å². The minimum atomic E-state index is -3.44. The highest BCUT2D eigenvalue weighted by Gasteiger charge is 2.07. The smallest absolute Gasteiger partial charge is 0.233 e. The van der Waals surface area contributed by atoms with E-state index in [0.717, 1.165) is 17.4 Å². The number of nitrogens with two attached hydrogens (primary N) is 1. The second kappa shape index (κ2) is 6.89. The molecule has 0 heterocycles. The van der Waals surface area contributed by atoms with Crippen molar-refractivity contribution < 1.29 is 8.42 Å². The molecule has 1 rings (SSSR count). The normalized spacial score (nSPS) is 13.9. The number of halogens is 1. The zero-order valence-corrected chi connectivity index (χ0v) is 11.7. The molecule has 0 bridgehead atoms. The van der Waals surface area contributed by atoms with Gasteiger partial charge >= 0.3 is 0 Å². The Kier molecular flexibility index (Phi) is 5.81. The summed E-state index contributed by atoms with van der Waals surface area (Å²) >= 11 is 5.73. The molecule has 0 aliphatic carbocycles. The monoisotopic (exact) mass is 288 g/mol. The molecule has 1 atom stereocenters. The number of nitrogens with one attached hydrogen (secondary N) is 1. The lowest BCUT2D eigenvalue weighted by Crippen LogP contribution is -2.35. The molecule has 18 heavy (non-hydrogen) atoms. The van der Waals surface area contributed by atoms with E-state index in [0.29, 0.717) is 5.02 Å². The SMILES string of the molecule is CCC(N)CNS(=O)(=O)C=Cc1ccc(Cl)cc1. The van der Waals surface area contributed by atoms with E-state index in [1.807, 2.05) is 6.92 Å². The number of sulfonamides is 1. The third-order valence-corrected chi connectivity index (χ3v) is 3.70. The summed E-state index contributed by atoms with van der Waals surface area (Å²) in [7, 11) is -3.44. The first-order chi connectivity index (χ1) is 8.43. The van der Waals surface area contributed by atoms with Crippen LogP contribution < -0.4 is 10.5 Å². The highest BCUT2D eigenvalue weighted by molar-refractivity contribution is 7.92. The molecule has 100 valence electrons. The van der Waals surface area contributed by atoms with Crippen LogP contribution in [0.4, 0.5) is 0 Å². The Labute approximate surface area is 113 Å². The van der Waals surface area contributed by atoms with Gasteiger partial charge in [0.25, 0.3) is 0 Å². The zero-order chi connectivity index (χ0) is 13.6. The van der Waals surface area contributed by atoms with Crippen molar-refractivity contribution in [2.45, 2.75) is 19.4 Å². The summed E-state index contributed by atoms with van der Waals surface area (Å²) in [6, 6.07) is 6.73. The van der Waals surface area contributed by atoms with Crippen molar-refractivity contribution in [1.82, 2.24) is 4.72 Å². The predicted octanol–water partition coefficient (Wildman–Crippen LogP) is 1.97. The molecule has 0 fully saturated rings. The van der Waals surface area contributed by atoms with Gasteiger partial charge < -0.3 is 5.73 Å². The molecule has 0 radical (unpaired) electrons. The molecule has 0 aliphatic heterocycles. The summed E-state index contributed by atoms with van der Waals surface area (Å²) in [6.45, 7) is 2.15. The number of rotatable bonds is 6. The Balaban J connectivity index is 2.62. The lowest BCUT2D eigenvalue weighted by molar-refractivity contribution is 0.572. The molecule has 0 aliphatic rings. The van der Waals surface area contributed by atoms with Gasteiger partial charge in [0, 0.05) is 23.0 Å². The first kappa shape index (κ1) is 15.2. The maximum atomic E-state index is 11.6. The van der Waals surface area contributed by atoms with Crippen LogP contribution in [0, 0.1) is 0 Å². The summed E-state index contributed by atoms with van der Waals surface area (Å²) < 4.78 is 25.6. The molecule has 1 aromatic carbocycles. The summed E-state index contributed by atoms with van der Waals surface area (Å²) in [4.78, 5) is 0. The first-order valence-electron chi connectivity index (χ1n) is 5.62. The Hall–Kier alpha value is -0.880. The van der Waals surface area contributed by atoms with E-state index in [1.54, 1.807) is 24.3 Å². The number of hydrogen-bond donors (Lipinski definition) is 2. The molecule has 3 N–H and O–H groups in total. The lowest BCUT2D eigenvalue weighted by atomic mass is 10.2. The molecule has 0 saturated heterocycles. The van der Waals surface area contributed by atoms with Gasteiger partial charge in [-0.3, -0.25) is 0 Å². The Morgan fingerprint density at radius 2 is 2.00 bits per heavy atom. The van der Waals surface area contributed by atoms with Gasteiger partial charge in [0.15, 0.2) is 0 Å². The van der Waals surface area contributed by atoms with E-state index in [4.69, 9.17) is 17.3 Å². The molecular weight excluding hydrogens is 272 g/mol. The van der Waals surface area contributed by atoms with Crippen molar-refractivity contribution in [2.24, 2.45) is 5.73 Å². The van der Waals surface area contributed by atoms with Crippen LogP contribution >= 0.6 is 11.6 Å². The third kappa shape index (κ3) is 5.64. The maximum Gasteiger partial charge on any atom is 0.233 e. The minimum Gasteiger partial charge on any atom is -0.327 e. The number of benzene rings is 1. The summed E-state index contributed by atoms with van der Waals surface area (Å²) in [5.41, 5.74) is 6.41. The van der Waals surface area contributed by atoms with E-state index in [-0.39, 0.29) is 12.6 Å². The molecule has 4 nitrogen and oxygen atoms in total. The van der Waals surface area contributed by atoms with E-state index >= 15 is 0 Å². The molecule has 1 aromatic rings. The highest BCUT2D eigenvalue weighted by Crippen LogP contribution is 2.11. The molecule has 0 spiro atoms. The van der Waals surface area contributed by atoms with Crippen LogP contribution in [-0.4, -0.2) is 21.0 Å². The van der Waals surface area contributed by atoms with Crippen molar-refractivity contribution in [3.63, 3.8) is 0 Å². The zero-order valence-electron chi connectivity index (χ0n) is 10.1. The van der Waals surface area contributed by atoms with Gasteiger partial charge in [0.1, 0.15) is 0 Å². The fourth-order valence-electron chi connectivity index (χ4n) is 1.16. The average Bonchev–Trinajstić information content (AvgIpc) is 2.35. The van der Waals surface area contributed by atoms with E-state index in [9.17, 15) is 8.42 Å². The van der Waals surface area contributed by atoms with Gasteiger partial charge in [-0.25, -0.2) is 13.1 Å². The van der Waals surface area contributed by atoms with Crippen molar-refractivity contribution in [3.8, 4) is 0 Å². The molecule has 0 amide bonds. The van der Waals surface area contributed by atoms with Crippen LogP contribution in [0.15, 0.2) is 29.7 Å². The average molecular weight is 289 g/mol. The van der Waals surface area contributed by atoms with Crippen LogP contribution in [0.1, 0.15) is 18.9 Å². The largest absolute Gasteiger partial charge is 0.327 e. The fourth-order valence-corrected chi connectivity index (χ4v) is 2.16. The van der Waals surface area contributed by atoms with E-state index < -0.39 is 10.0 Å². The number of hydrogen-bond acceptors (Lipinski definition) is 3. The van der Waals surface area contributed by atoms with Crippen LogP contribution in [0.5, 0.6) is 0 Å². The van der Waals surface area contributed by atoms with Gasteiger partial charge in [-0.1, -0.05) is 30.7 Å². The van der Waals surface area contributed by atoms with Gasteiger partial charge in [0.2, 0.25) is 10.0 Å². The summed E-state index contributed by atoms with van der Waals surface area (Å²) in [5.74, 6) is 0. The van der Waals surface area contributed by atoms with Crippen molar-refractivity contribution >= 4 is 27.7 Å². The minimum absolute atomic E-state index is 0.163. The second-order valence-corrected chi connectivity index (χ2v) is 6.00. The van der Waals surface area contributed by atoms with Gasteiger partial charge in [-0.15, -0.1) is 0 Å². The second-order valence-electron chi connectivity index (χ2n) is 3.92. The van der Waals surface area contributed by atoms with Gasteiger partial charge in [-0.2, -0.15) is 0 Å². The Bertz CT molecular complexity index is 497. The fraction of sp³-hybridized carbons (Fsp3) is 0.333. The molecule has 6 heteroatoms. The molecule has 1 unspecified atom stereocenters. The third-order valence-electron chi connectivity index (χ3n) is 2.38. The predicted molar refractivity (Wildman–Crippen MR) is 75.7 cm³/mol. The van der Waals surface area contributed by atoms with Crippen LogP contribution in [-0.2, 0) is 10.0 Å². The Morgan fingerprint density at radius 1 is 1.39 bits per heavy atom. The van der Waals surface area contributed by atoms with Crippen LogP contribution in [0.2, 0.25) is 5.02 Å². The maximum absolute atomic E-state index is 11.6. The Morgan fingerprint density at radius 3 is 2.56 bits per heavy atom. The van der Waals surface area contributed by atoms with E-state index in [1.165, 1.54) is 6.08 Å². The van der Waals surface area contributed by atoms with Crippen molar-refractivity contribution in [3.05, 3.63) is 40.3 Å². The quantitative estimate of drug-likeness (QED) is 0.840.